The second-order valence-corrected chi connectivity index (χ2v) is 6.00. The standard InChI is InChI=1S/C19H19F2NO3/c1-11-12(2)24-17-14(11)7-5-8-15(17)18(23)22-10-13-6-3-4-9-16(13)25-19(20)21/h3-9,11-12,19H,10H2,1-2H3,(H,22,23). The number of halogens is 2. The Morgan fingerprint density at radius 1 is 1.20 bits per heavy atom. The smallest absolute Gasteiger partial charge is 0.387 e. The van der Waals surface area contributed by atoms with Crippen molar-refractivity contribution in [3.63, 3.8) is 0 Å². The number of amides is 1. The number of benzene rings is 2. The fourth-order valence-corrected chi connectivity index (χ4v) is 2.90. The Kier molecular flexibility index (Phi) is 4.88. The molecule has 0 aliphatic carbocycles. The van der Waals surface area contributed by atoms with E-state index in [0.29, 0.717) is 16.9 Å². The minimum Gasteiger partial charge on any atom is -0.489 e. The molecule has 1 aliphatic rings. The van der Waals surface area contributed by atoms with Gasteiger partial charge >= 0.3 is 6.61 Å². The van der Waals surface area contributed by atoms with Crippen molar-refractivity contribution in [2.45, 2.75) is 39.0 Å². The minimum atomic E-state index is -2.91. The highest BCUT2D eigenvalue weighted by Crippen LogP contribution is 2.40. The van der Waals surface area contributed by atoms with Crippen LogP contribution in [0.25, 0.3) is 0 Å². The van der Waals surface area contributed by atoms with Gasteiger partial charge in [0.2, 0.25) is 0 Å². The molecule has 2 atom stereocenters. The molecular formula is C19H19F2NO3. The molecule has 0 aromatic heterocycles. The lowest BCUT2D eigenvalue weighted by Gasteiger charge is -2.13. The van der Waals surface area contributed by atoms with Crippen LogP contribution in [0, 0.1) is 0 Å². The Morgan fingerprint density at radius 3 is 2.72 bits per heavy atom. The summed E-state index contributed by atoms with van der Waals surface area (Å²) in [5.74, 6) is 0.541. The first kappa shape index (κ1) is 17.2. The van der Waals surface area contributed by atoms with E-state index in [4.69, 9.17) is 4.74 Å². The van der Waals surface area contributed by atoms with Gasteiger partial charge in [-0.1, -0.05) is 37.3 Å². The normalized spacial score (nSPS) is 18.6. The zero-order chi connectivity index (χ0) is 18.0. The van der Waals surface area contributed by atoms with Crippen LogP contribution >= 0.6 is 0 Å². The summed E-state index contributed by atoms with van der Waals surface area (Å²) in [6.45, 7) is 1.18. The molecule has 0 bridgehead atoms. The van der Waals surface area contributed by atoms with Crippen molar-refractivity contribution in [1.82, 2.24) is 5.32 Å². The maximum Gasteiger partial charge on any atom is 0.387 e. The van der Waals surface area contributed by atoms with E-state index >= 15 is 0 Å². The second-order valence-electron chi connectivity index (χ2n) is 6.00. The molecule has 2 aromatic carbocycles. The number of carbonyl (C=O) groups is 1. The lowest BCUT2D eigenvalue weighted by Crippen LogP contribution is -2.24. The highest BCUT2D eigenvalue weighted by atomic mass is 19.3. The third-order valence-electron chi connectivity index (χ3n) is 4.42. The molecule has 1 heterocycles. The number of nitrogens with one attached hydrogen (secondary N) is 1. The number of ether oxygens (including phenoxy) is 2. The number of hydrogen-bond donors (Lipinski definition) is 1. The van der Waals surface area contributed by atoms with Crippen LogP contribution < -0.4 is 14.8 Å². The lowest BCUT2D eigenvalue weighted by atomic mass is 9.97. The number of alkyl halides is 2. The van der Waals surface area contributed by atoms with Gasteiger partial charge in [-0.25, -0.2) is 0 Å². The van der Waals surface area contributed by atoms with Crippen LogP contribution in [-0.4, -0.2) is 18.6 Å². The molecule has 132 valence electrons. The molecule has 0 fully saturated rings. The highest BCUT2D eigenvalue weighted by molar-refractivity contribution is 5.97. The van der Waals surface area contributed by atoms with Crippen molar-refractivity contribution in [2.75, 3.05) is 0 Å². The van der Waals surface area contributed by atoms with Gasteiger partial charge in [0.15, 0.2) is 0 Å². The summed E-state index contributed by atoms with van der Waals surface area (Å²) in [5.41, 5.74) is 1.92. The van der Waals surface area contributed by atoms with Gasteiger partial charge in [0.1, 0.15) is 17.6 Å². The summed E-state index contributed by atoms with van der Waals surface area (Å²) in [6, 6.07) is 11.8. The predicted molar refractivity (Wildman–Crippen MR) is 89.2 cm³/mol. The first-order chi connectivity index (χ1) is 12.0. The van der Waals surface area contributed by atoms with Crippen molar-refractivity contribution in [2.24, 2.45) is 0 Å². The average Bonchev–Trinajstić information content (AvgIpc) is 2.88. The number of fused-ring (bicyclic) bond motifs is 1. The molecule has 2 aromatic rings. The van der Waals surface area contributed by atoms with Crippen molar-refractivity contribution in [3.05, 3.63) is 59.2 Å². The Balaban J connectivity index is 1.75. The van der Waals surface area contributed by atoms with Gasteiger partial charge in [0.25, 0.3) is 5.91 Å². The van der Waals surface area contributed by atoms with Crippen molar-refractivity contribution < 1.29 is 23.0 Å². The fourth-order valence-electron chi connectivity index (χ4n) is 2.90. The number of carbonyl (C=O) groups excluding carboxylic acids is 1. The largest absolute Gasteiger partial charge is 0.489 e. The third kappa shape index (κ3) is 3.57. The zero-order valence-electron chi connectivity index (χ0n) is 14.0. The molecule has 4 nitrogen and oxygen atoms in total. The minimum absolute atomic E-state index is 0.00381. The molecule has 2 unspecified atom stereocenters. The highest BCUT2D eigenvalue weighted by Gasteiger charge is 2.31. The van der Waals surface area contributed by atoms with Gasteiger partial charge in [0, 0.05) is 23.6 Å². The quantitative estimate of drug-likeness (QED) is 0.886. The maximum atomic E-state index is 12.5. The van der Waals surface area contributed by atoms with Crippen LogP contribution in [0.15, 0.2) is 42.5 Å². The van der Waals surface area contributed by atoms with Crippen molar-refractivity contribution >= 4 is 5.91 Å². The van der Waals surface area contributed by atoms with E-state index in [-0.39, 0.29) is 30.2 Å². The van der Waals surface area contributed by atoms with E-state index < -0.39 is 6.61 Å². The van der Waals surface area contributed by atoms with Gasteiger partial charge in [0.05, 0.1) is 5.56 Å². The van der Waals surface area contributed by atoms with Gasteiger partial charge in [-0.15, -0.1) is 0 Å². The van der Waals surface area contributed by atoms with Gasteiger partial charge in [-0.3, -0.25) is 4.79 Å². The van der Waals surface area contributed by atoms with Gasteiger partial charge < -0.3 is 14.8 Å². The Hall–Kier alpha value is -2.63. The predicted octanol–water partition coefficient (Wildman–Crippen LogP) is 4.10. The molecule has 1 N–H and O–H groups in total. The summed E-state index contributed by atoms with van der Waals surface area (Å²) >= 11 is 0. The summed E-state index contributed by atoms with van der Waals surface area (Å²) in [4.78, 5) is 12.5. The monoisotopic (exact) mass is 347 g/mol. The van der Waals surface area contributed by atoms with Crippen LogP contribution in [0.3, 0.4) is 0 Å². The van der Waals surface area contributed by atoms with E-state index in [1.165, 1.54) is 6.07 Å². The SMILES string of the molecule is CC1Oc2c(C(=O)NCc3ccccc3OC(F)F)cccc2C1C. The molecule has 6 heteroatoms. The van der Waals surface area contributed by atoms with E-state index in [2.05, 4.69) is 17.0 Å². The van der Waals surface area contributed by atoms with Crippen LogP contribution in [-0.2, 0) is 6.54 Å². The first-order valence-corrected chi connectivity index (χ1v) is 8.08. The van der Waals surface area contributed by atoms with Crippen LogP contribution in [0.1, 0.15) is 41.3 Å². The summed E-state index contributed by atoms with van der Waals surface area (Å²) in [7, 11) is 0. The van der Waals surface area contributed by atoms with E-state index in [1.807, 2.05) is 19.1 Å². The number of hydrogen-bond acceptors (Lipinski definition) is 3. The summed E-state index contributed by atoms with van der Waals surface area (Å²) in [6.07, 6.45) is 0.00381. The summed E-state index contributed by atoms with van der Waals surface area (Å²) in [5, 5.41) is 2.74. The Bertz CT molecular complexity index is 779. The van der Waals surface area contributed by atoms with Gasteiger partial charge in [-0.05, 0) is 19.1 Å². The van der Waals surface area contributed by atoms with Crippen LogP contribution in [0.4, 0.5) is 8.78 Å². The van der Waals surface area contributed by atoms with Crippen molar-refractivity contribution in [3.8, 4) is 11.5 Å². The Morgan fingerprint density at radius 2 is 1.96 bits per heavy atom. The van der Waals surface area contributed by atoms with Crippen LogP contribution in [0.2, 0.25) is 0 Å². The average molecular weight is 347 g/mol. The third-order valence-corrected chi connectivity index (χ3v) is 4.42. The zero-order valence-corrected chi connectivity index (χ0v) is 14.0. The van der Waals surface area contributed by atoms with Crippen LogP contribution in [0.5, 0.6) is 11.5 Å². The molecular weight excluding hydrogens is 328 g/mol. The Labute approximate surface area is 144 Å². The number of para-hydroxylation sites is 2. The topological polar surface area (TPSA) is 47.6 Å². The van der Waals surface area contributed by atoms with E-state index in [0.717, 1.165) is 5.56 Å². The molecule has 0 spiro atoms. The van der Waals surface area contributed by atoms with E-state index in [9.17, 15) is 13.6 Å². The fraction of sp³-hybridized carbons (Fsp3) is 0.316. The molecule has 1 amide bonds. The molecule has 0 radical (unpaired) electrons. The molecule has 1 aliphatic heterocycles. The molecule has 0 saturated carbocycles. The summed E-state index contributed by atoms with van der Waals surface area (Å²) < 4.78 is 35.2. The second kappa shape index (κ2) is 7.09. The first-order valence-electron chi connectivity index (χ1n) is 8.08. The molecule has 25 heavy (non-hydrogen) atoms. The molecule has 0 saturated heterocycles. The van der Waals surface area contributed by atoms with Crippen molar-refractivity contribution in [1.29, 1.82) is 0 Å². The van der Waals surface area contributed by atoms with E-state index in [1.54, 1.807) is 24.3 Å². The number of rotatable bonds is 5. The lowest BCUT2D eigenvalue weighted by molar-refractivity contribution is -0.0504. The maximum absolute atomic E-state index is 12.5. The molecule has 3 rings (SSSR count). The van der Waals surface area contributed by atoms with Gasteiger partial charge in [-0.2, -0.15) is 8.78 Å².